The Labute approximate surface area is 509 Å². The number of hydrogen-bond donors (Lipinski definition) is 11. The Morgan fingerprint density at radius 2 is 1.20 bits per heavy atom. The summed E-state index contributed by atoms with van der Waals surface area (Å²) in [4.78, 5) is 125. The standard InChI is InChI=1S/C61H76N12O14S/c1-34(2)52(59(82)63-30-29-62-46-14-9-13-45-44(46)12-10-16-50(45)88(85,86)87)69-58(81)49-15-11-31-73(49)61(84)37(6)65-56(79)48(33-51(75)76)66-54(77)36(5)64-60(83)53(35(3)4)68-57(80)47(32-38-17-27-43(74)28-18-38)67-55(78)39-19-21-40(22-20-39)70-71-41-23-25-42(26-24-41)72(7)8/h9-10,12-14,16-28,34-37,47-49,52-53,62,74H,11,15,29-33H2,1-8H3,(H,63,82)(H,64,83)(H,65,79)(H,66,77)(H,67,78)(H,68,80)(H,69,81)(H,75,76)(H,85,86,87). The van der Waals surface area contributed by atoms with Gasteiger partial charge < -0.3 is 62.5 Å². The van der Waals surface area contributed by atoms with Crippen molar-refractivity contribution in [1.82, 2.24) is 42.1 Å². The molecule has 7 atom stereocenters. The third-order valence-corrected chi connectivity index (χ3v) is 15.4. The molecule has 1 heterocycles. The molecule has 1 aliphatic heterocycles. The van der Waals surface area contributed by atoms with E-state index in [2.05, 4.69) is 52.8 Å². The number of aromatic hydroxyl groups is 1. The third-order valence-electron chi connectivity index (χ3n) is 14.5. The zero-order chi connectivity index (χ0) is 64.6. The maximum Gasteiger partial charge on any atom is 0.305 e. The second kappa shape index (κ2) is 30.7. The van der Waals surface area contributed by atoms with Crippen LogP contribution in [0.1, 0.15) is 76.7 Å². The molecule has 7 unspecified atom stereocenters. The fourth-order valence-electron chi connectivity index (χ4n) is 9.63. The van der Waals surface area contributed by atoms with Crippen LogP contribution in [0.15, 0.2) is 124 Å². The van der Waals surface area contributed by atoms with Gasteiger partial charge in [-0.25, -0.2) is 0 Å². The molecule has 6 rings (SSSR count). The second-order valence-corrected chi connectivity index (χ2v) is 23.6. The lowest BCUT2D eigenvalue weighted by Crippen LogP contribution is -2.60. The molecule has 26 nitrogen and oxygen atoms in total. The van der Waals surface area contributed by atoms with E-state index in [1.807, 2.05) is 43.3 Å². The van der Waals surface area contributed by atoms with Crippen molar-refractivity contribution in [3.8, 4) is 5.75 Å². The number of rotatable bonds is 28. The summed E-state index contributed by atoms with van der Waals surface area (Å²) >= 11 is 0. The lowest BCUT2D eigenvalue weighted by atomic mass is 10.00. The first-order valence-electron chi connectivity index (χ1n) is 28.5. The van der Waals surface area contributed by atoms with E-state index in [-0.39, 0.29) is 48.7 Å². The number of benzene rings is 5. The van der Waals surface area contributed by atoms with E-state index in [9.17, 15) is 66.3 Å². The smallest absolute Gasteiger partial charge is 0.305 e. The largest absolute Gasteiger partial charge is 0.508 e. The molecule has 0 spiro atoms. The van der Waals surface area contributed by atoms with Crippen molar-refractivity contribution in [2.75, 3.05) is 43.9 Å². The zero-order valence-electron chi connectivity index (χ0n) is 50.1. The van der Waals surface area contributed by atoms with Gasteiger partial charge in [-0.1, -0.05) is 64.1 Å². The fourth-order valence-corrected chi connectivity index (χ4v) is 10.3. The van der Waals surface area contributed by atoms with Gasteiger partial charge in [-0.2, -0.15) is 18.6 Å². The molecule has 1 aliphatic rings. The maximum atomic E-state index is 14.1. The molecule has 11 N–H and O–H groups in total. The van der Waals surface area contributed by atoms with Gasteiger partial charge in [0.2, 0.25) is 41.4 Å². The number of carboxylic acid groups (broad SMARTS) is 1. The number of phenolic OH excluding ortho intramolecular Hbond substituents is 1. The molecule has 0 radical (unpaired) electrons. The molecule has 5 aromatic carbocycles. The minimum absolute atomic E-state index is 0.0312. The molecule has 88 heavy (non-hydrogen) atoms. The van der Waals surface area contributed by atoms with Crippen molar-refractivity contribution in [2.24, 2.45) is 22.1 Å². The first-order chi connectivity index (χ1) is 41.6. The van der Waals surface area contributed by atoms with Gasteiger partial charge in [0.25, 0.3) is 16.0 Å². The number of azo groups is 1. The molecule has 8 amide bonds. The number of phenols is 1. The molecule has 5 aromatic rings. The van der Waals surface area contributed by atoms with Crippen molar-refractivity contribution in [3.05, 3.63) is 120 Å². The molecule has 0 bridgehead atoms. The number of anilines is 2. The quantitative estimate of drug-likeness (QED) is 0.0191. The highest BCUT2D eigenvalue weighted by molar-refractivity contribution is 7.86. The molecule has 1 saturated heterocycles. The number of aliphatic carboxylic acids is 1. The summed E-state index contributed by atoms with van der Waals surface area (Å²) in [7, 11) is -0.653. The van der Waals surface area contributed by atoms with E-state index >= 15 is 0 Å². The van der Waals surface area contributed by atoms with Crippen LogP contribution in [-0.2, 0) is 54.9 Å². The van der Waals surface area contributed by atoms with Crippen LogP contribution < -0.4 is 47.4 Å². The summed E-state index contributed by atoms with van der Waals surface area (Å²) in [6.07, 6.45) is -0.396. The van der Waals surface area contributed by atoms with Crippen LogP contribution in [0.3, 0.4) is 0 Å². The van der Waals surface area contributed by atoms with Crippen LogP contribution in [-0.4, -0.2) is 157 Å². The van der Waals surface area contributed by atoms with Crippen LogP contribution >= 0.6 is 0 Å². The Bertz CT molecular complexity index is 3490. The van der Waals surface area contributed by atoms with Gasteiger partial charge in [0.05, 0.1) is 17.8 Å². The minimum Gasteiger partial charge on any atom is -0.508 e. The van der Waals surface area contributed by atoms with Crippen LogP contribution in [0, 0.1) is 11.8 Å². The monoisotopic (exact) mass is 1230 g/mol. The van der Waals surface area contributed by atoms with Gasteiger partial charge in [-0.3, -0.25) is 47.7 Å². The lowest BCUT2D eigenvalue weighted by molar-refractivity contribution is -0.143. The van der Waals surface area contributed by atoms with Crippen molar-refractivity contribution in [1.29, 1.82) is 0 Å². The highest BCUT2D eigenvalue weighted by atomic mass is 32.2. The Morgan fingerprint density at radius 3 is 1.81 bits per heavy atom. The molecule has 27 heteroatoms. The van der Waals surface area contributed by atoms with E-state index in [4.69, 9.17) is 0 Å². The van der Waals surface area contributed by atoms with E-state index in [0.29, 0.717) is 39.8 Å². The number of hydrogen-bond acceptors (Lipinski definition) is 16. The number of nitrogens with zero attached hydrogens (tertiary/aromatic N) is 4. The van der Waals surface area contributed by atoms with Crippen molar-refractivity contribution in [3.63, 3.8) is 0 Å². The molecule has 0 saturated carbocycles. The van der Waals surface area contributed by atoms with E-state index in [1.165, 1.54) is 55.1 Å². The highest BCUT2D eigenvalue weighted by Crippen LogP contribution is 2.29. The van der Waals surface area contributed by atoms with Crippen LogP contribution in [0.2, 0.25) is 0 Å². The Morgan fingerprint density at radius 1 is 0.625 bits per heavy atom. The molecule has 0 aromatic heterocycles. The first-order valence-corrected chi connectivity index (χ1v) is 30.0. The fraction of sp³-hybridized carbons (Fsp3) is 0.393. The van der Waals surface area contributed by atoms with E-state index < -0.39 is 124 Å². The second-order valence-electron chi connectivity index (χ2n) is 22.2. The molecule has 0 aliphatic carbocycles. The highest BCUT2D eigenvalue weighted by Gasteiger charge is 2.39. The molecule has 1 fully saturated rings. The SMILES string of the molecule is CC(NC(=O)C(NC(=O)C(Cc1ccc(O)cc1)NC(=O)c1ccc(N=Nc2ccc(N(C)C)cc2)cc1)C(C)C)C(=O)NC(CC(=O)O)C(=O)NC(C)C(=O)N1CCCC1C(=O)NC(C(=O)NCCNc1cccc2c(S(=O)(=O)O)cccc12)C(C)C. The van der Waals surface area contributed by atoms with Gasteiger partial charge in [0.1, 0.15) is 52.9 Å². The molecular formula is C61H76N12O14S. The van der Waals surface area contributed by atoms with Crippen molar-refractivity contribution in [2.45, 2.75) is 114 Å². The number of carboxylic acids is 1. The number of carbonyl (C=O) groups is 9. The summed E-state index contributed by atoms with van der Waals surface area (Å²) in [5.41, 5.74) is 3.34. The predicted octanol–water partition coefficient (Wildman–Crippen LogP) is 4.08. The predicted molar refractivity (Wildman–Crippen MR) is 327 cm³/mol. The maximum absolute atomic E-state index is 14.1. The lowest BCUT2D eigenvalue weighted by Gasteiger charge is -2.30. The van der Waals surface area contributed by atoms with E-state index in [0.717, 1.165) is 5.69 Å². The van der Waals surface area contributed by atoms with Crippen LogP contribution in [0.5, 0.6) is 5.75 Å². The Kier molecular flexibility index (Phi) is 23.6. The van der Waals surface area contributed by atoms with Crippen molar-refractivity contribution < 1.29 is 66.3 Å². The summed E-state index contributed by atoms with van der Waals surface area (Å²) in [6.45, 7) is 9.67. The van der Waals surface area contributed by atoms with Gasteiger partial charge in [0.15, 0.2) is 0 Å². The number of likely N-dealkylation sites (tertiary alicyclic amines) is 1. The van der Waals surface area contributed by atoms with Gasteiger partial charge >= 0.3 is 5.97 Å². The summed E-state index contributed by atoms with van der Waals surface area (Å²) in [6, 6.07) is 19.7. The Balaban J connectivity index is 1.02. The first kappa shape index (κ1) is 67.6. The Hall–Kier alpha value is -9.50. The summed E-state index contributed by atoms with van der Waals surface area (Å²) < 4.78 is 33.6. The zero-order valence-corrected chi connectivity index (χ0v) is 50.9. The number of amides is 8. The average molecular weight is 1230 g/mol. The van der Waals surface area contributed by atoms with Gasteiger partial charge in [-0.05, 0) is 117 Å². The number of nitrogens with one attached hydrogen (secondary N) is 8. The molecular weight excluding hydrogens is 1160 g/mol. The van der Waals surface area contributed by atoms with E-state index in [1.54, 1.807) is 76.2 Å². The number of carbonyl (C=O) groups excluding carboxylic acids is 8. The van der Waals surface area contributed by atoms with Crippen LogP contribution in [0.4, 0.5) is 22.7 Å². The molecule has 470 valence electrons. The minimum atomic E-state index is -4.49. The van der Waals surface area contributed by atoms with Crippen LogP contribution in [0.25, 0.3) is 10.8 Å². The third kappa shape index (κ3) is 18.8. The van der Waals surface area contributed by atoms with Gasteiger partial charge in [0, 0.05) is 67.9 Å². The van der Waals surface area contributed by atoms with Crippen molar-refractivity contribution >= 4 is 96.9 Å². The van der Waals surface area contributed by atoms with Gasteiger partial charge in [-0.15, -0.1) is 0 Å². The number of fused-ring (bicyclic) bond motifs is 1. The summed E-state index contributed by atoms with van der Waals surface area (Å²) in [5, 5.41) is 50.3. The average Bonchev–Trinajstić information content (AvgIpc) is 1.21. The normalized spacial score (nSPS) is 15.3. The topological polar surface area (TPSA) is 376 Å². The summed E-state index contributed by atoms with van der Waals surface area (Å²) in [5.74, 6) is -8.69.